The van der Waals surface area contributed by atoms with Crippen LogP contribution in [0.15, 0.2) is 46.3 Å². The normalized spacial score (nSPS) is 17.0. The van der Waals surface area contributed by atoms with Crippen molar-refractivity contribution in [1.82, 2.24) is 14.5 Å². The van der Waals surface area contributed by atoms with Crippen LogP contribution in [-0.4, -0.2) is 39.2 Å². The topological polar surface area (TPSA) is 55.2 Å². The van der Waals surface area contributed by atoms with Crippen molar-refractivity contribution in [2.75, 3.05) is 13.6 Å². The second-order valence-corrected chi connectivity index (χ2v) is 9.31. The summed E-state index contributed by atoms with van der Waals surface area (Å²) in [5.41, 5.74) is 1.18. The fraction of sp³-hybridized carbons (Fsp3) is 0.381. The van der Waals surface area contributed by atoms with E-state index in [-0.39, 0.29) is 16.7 Å². The van der Waals surface area contributed by atoms with Gasteiger partial charge in [0.25, 0.3) is 5.56 Å². The SMILES string of the molecule is CCc1cc2c(=O)n(CCc3ccccc3)c(SC3CCN(C)C3=O)nc2s1. The number of benzene rings is 1. The molecule has 3 heterocycles. The van der Waals surface area contributed by atoms with Crippen LogP contribution in [0.2, 0.25) is 0 Å². The van der Waals surface area contributed by atoms with Gasteiger partial charge >= 0.3 is 0 Å². The van der Waals surface area contributed by atoms with E-state index < -0.39 is 0 Å². The van der Waals surface area contributed by atoms with Crippen molar-refractivity contribution in [2.24, 2.45) is 0 Å². The Morgan fingerprint density at radius 1 is 1.25 bits per heavy atom. The van der Waals surface area contributed by atoms with Crippen molar-refractivity contribution < 1.29 is 4.79 Å². The van der Waals surface area contributed by atoms with Gasteiger partial charge in [-0.15, -0.1) is 11.3 Å². The highest BCUT2D eigenvalue weighted by molar-refractivity contribution is 8.00. The fourth-order valence-corrected chi connectivity index (χ4v) is 5.64. The molecule has 7 heteroatoms. The molecule has 0 radical (unpaired) electrons. The molecule has 1 saturated heterocycles. The number of amides is 1. The first-order chi connectivity index (χ1) is 13.6. The number of likely N-dealkylation sites (tertiary alicyclic amines) is 1. The van der Waals surface area contributed by atoms with Gasteiger partial charge in [0.05, 0.1) is 10.6 Å². The third kappa shape index (κ3) is 3.73. The van der Waals surface area contributed by atoms with E-state index in [0.29, 0.717) is 17.1 Å². The van der Waals surface area contributed by atoms with Gasteiger partial charge in [-0.3, -0.25) is 14.2 Å². The molecule has 1 aromatic carbocycles. The molecule has 4 rings (SSSR count). The monoisotopic (exact) mass is 413 g/mol. The lowest BCUT2D eigenvalue weighted by Gasteiger charge is -2.14. The van der Waals surface area contributed by atoms with Gasteiger partial charge in [0.1, 0.15) is 4.83 Å². The summed E-state index contributed by atoms with van der Waals surface area (Å²) in [6.07, 6.45) is 2.43. The number of rotatable bonds is 6. The van der Waals surface area contributed by atoms with Crippen LogP contribution in [0.1, 0.15) is 23.8 Å². The number of thioether (sulfide) groups is 1. The van der Waals surface area contributed by atoms with Crippen molar-refractivity contribution >= 4 is 39.2 Å². The Labute approximate surface area is 172 Å². The summed E-state index contributed by atoms with van der Waals surface area (Å²) in [4.78, 5) is 34.1. The number of thiophene rings is 1. The number of hydrogen-bond donors (Lipinski definition) is 0. The maximum absolute atomic E-state index is 13.2. The molecule has 0 N–H and O–H groups in total. The molecule has 1 unspecified atom stereocenters. The third-order valence-corrected chi connectivity index (χ3v) is 7.53. The average molecular weight is 414 g/mol. The highest BCUT2D eigenvalue weighted by atomic mass is 32.2. The number of carbonyl (C=O) groups excluding carboxylic acids is 1. The molecule has 1 aliphatic rings. The van der Waals surface area contributed by atoms with Gasteiger partial charge in [-0.2, -0.15) is 0 Å². The minimum Gasteiger partial charge on any atom is -0.345 e. The lowest BCUT2D eigenvalue weighted by atomic mass is 10.1. The highest BCUT2D eigenvalue weighted by Crippen LogP contribution is 2.31. The van der Waals surface area contributed by atoms with E-state index >= 15 is 0 Å². The van der Waals surface area contributed by atoms with Crippen molar-refractivity contribution in [3.63, 3.8) is 0 Å². The van der Waals surface area contributed by atoms with Gasteiger partial charge < -0.3 is 4.90 Å². The number of aromatic nitrogens is 2. The van der Waals surface area contributed by atoms with Crippen LogP contribution >= 0.6 is 23.1 Å². The summed E-state index contributed by atoms with van der Waals surface area (Å²) >= 11 is 3.01. The van der Waals surface area contributed by atoms with Gasteiger partial charge in [-0.1, -0.05) is 49.0 Å². The average Bonchev–Trinajstić information content (AvgIpc) is 3.27. The second-order valence-electron chi connectivity index (χ2n) is 7.03. The molecule has 0 spiro atoms. The Kier molecular flexibility index (Phi) is 5.55. The first kappa shape index (κ1) is 19.2. The highest BCUT2D eigenvalue weighted by Gasteiger charge is 2.31. The van der Waals surface area contributed by atoms with Gasteiger partial charge in [0.2, 0.25) is 5.91 Å². The molecule has 1 amide bonds. The van der Waals surface area contributed by atoms with Crippen LogP contribution in [0.3, 0.4) is 0 Å². The van der Waals surface area contributed by atoms with Crippen LogP contribution in [-0.2, 0) is 24.2 Å². The fourth-order valence-electron chi connectivity index (χ4n) is 3.42. The lowest BCUT2D eigenvalue weighted by molar-refractivity contribution is -0.126. The maximum atomic E-state index is 13.2. The Hall–Kier alpha value is -2.12. The summed E-state index contributed by atoms with van der Waals surface area (Å²) in [6, 6.07) is 12.1. The lowest BCUT2D eigenvalue weighted by Crippen LogP contribution is -2.27. The van der Waals surface area contributed by atoms with E-state index in [2.05, 4.69) is 19.1 Å². The third-order valence-electron chi connectivity index (χ3n) is 5.11. The van der Waals surface area contributed by atoms with Gasteiger partial charge in [0.15, 0.2) is 5.16 Å². The van der Waals surface area contributed by atoms with E-state index in [1.165, 1.54) is 17.3 Å². The Morgan fingerprint density at radius 2 is 2.04 bits per heavy atom. The second kappa shape index (κ2) is 8.09. The first-order valence-corrected chi connectivity index (χ1v) is 11.2. The number of aryl methyl sites for hydroxylation is 2. The summed E-state index contributed by atoms with van der Waals surface area (Å²) in [7, 11) is 1.83. The Balaban J connectivity index is 1.72. The summed E-state index contributed by atoms with van der Waals surface area (Å²) in [5, 5.41) is 1.18. The predicted molar refractivity (Wildman–Crippen MR) is 115 cm³/mol. The van der Waals surface area contributed by atoms with Crippen LogP contribution in [0, 0.1) is 0 Å². The van der Waals surface area contributed by atoms with E-state index in [1.807, 2.05) is 31.3 Å². The van der Waals surface area contributed by atoms with E-state index in [4.69, 9.17) is 4.98 Å². The molecule has 1 atom stereocenters. The largest absolute Gasteiger partial charge is 0.345 e. The van der Waals surface area contributed by atoms with Crippen molar-refractivity contribution in [2.45, 2.75) is 43.1 Å². The molecule has 5 nitrogen and oxygen atoms in total. The van der Waals surface area contributed by atoms with E-state index in [9.17, 15) is 9.59 Å². The predicted octanol–water partition coefficient (Wildman–Crippen LogP) is 3.59. The Morgan fingerprint density at radius 3 is 2.71 bits per heavy atom. The molecular weight excluding hydrogens is 390 g/mol. The van der Waals surface area contributed by atoms with E-state index in [1.54, 1.807) is 20.8 Å². The van der Waals surface area contributed by atoms with E-state index in [0.717, 1.165) is 35.5 Å². The zero-order chi connectivity index (χ0) is 19.7. The van der Waals surface area contributed by atoms with Gasteiger partial charge in [-0.25, -0.2) is 4.98 Å². The maximum Gasteiger partial charge on any atom is 0.262 e. The molecule has 1 fully saturated rings. The molecule has 1 aliphatic heterocycles. The summed E-state index contributed by atoms with van der Waals surface area (Å²) < 4.78 is 1.76. The molecule has 0 bridgehead atoms. The van der Waals surface area contributed by atoms with Crippen molar-refractivity contribution in [3.05, 3.63) is 57.2 Å². The zero-order valence-electron chi connectivity index (χ0n) is 16.1. The van der Waals surface area contributed by atoms with Crippen LogP contribution in [0.25, 0.3) is 10.2 Å². The minimum atomic E-state index is -0.164. The standard InChI is InChI=1S/C21H23N3O2S2/c1-3-15-13-16-18(27-15)22-21(28-17-10-11-23(2)20(17)26)24(19(16)25)12-9-14-7-5-4-6-8-14/h4-8,13,17H,3,9-12H2,1-2H3. The summed E-state index contributed by atoms with van der Waals surface area (Å²) in [6.45, 7) is 3.40. The molecule has 28 heavy (non-hydrogen) atoms. The molecule has 0 aliphatic carbocycles. The number of carbonyl (C=O) groups is 1. The molecule has 2 aromatic heterocycles. The Bertz CT molecular complexity index is 1060. The van der Waals surface area contributed by atoms with Crippen LogP contribution in [0.5, 0.6) is 0 Å². The van der Waals surface area contributed by atoms with Crippen molar-refractivity contribution in [3.8, 4) is 0 Å². The quantitative estimate of drug-likeness (QED) is 0.580. The summed E-state index contributed by atoms with van der Waals surface area (Å²) in [5.74, 6) is 0.120. The number of fused-ring (bicyclic) bond motifs is 1. The minimum absolute atomic E-state index is 0.00168. The van der Waals surface area contributed by atoms with Crippen molar-refractivity contribution in [1.29, 1.82) is 0 Å². The zero-order valence-corrected chi connectivity index (χ0v) is 17.7. The van der Waals surface area contributed by atoms with Gasteiger partial charge in [-0.05, 0) is 30.9 Å². The molecule has 3 aromatic rings. The van der Waals surface area contributed by atoms with Gasteiger partial charge in [0, 0.05) is 25.0 Å². The molecular formula is C21H23N3O2S2. The molecule has 0 saturated carbocycles. The van der Waals surface area contributed by atoms with Crippen LogP contribution in [0.4, 0.5) is 0 Å². The van der Waals surface area contributed by atoms with Crippen LogP contribution < -0.4 is 5.56 Å². The smallest absolute Gasteiger partial charge is 0.262 e. The number of hydrogen-bond acceptors (Lipinski definition) is 5. The molecule has 146 valence electrons. The first-order valence-electron chi connectivity index (χ1n) is 9.55. The number of nitrogens with zero attached hydrogens (tertiary/aromatic N) is 3.